The minimum atomic E-state index is -0.644. The van der Waals surface area contributed by atoms with E-state index in [4.69, 9.17) is 8.83 Å². The molecule has 1 fully saturated rings. The number of carbonyl (C=O) groups excluding carboxylic acids is 4. The number of ketones is 1. The summed E-state index contributed by atoms with van der Waals surface area (Å²) < 4.78 is 15.7. The smallest absolute Gasteiger partial charge is 0.373 e. The Hall–Kier alpha value is -3.85. The van der Waals surface area contributed by atoms with E-state index in [1.54, 1.807) is 36.4 Å². The summed E-state index contributed by atoms with van der Waals surface area (Å²) in [4.78, 5) is 49.2. The molecule has 1 aromatic carbocycles. The van der Waals surface area contributed by atoms with E-state index in [-0.39, 0.29) is 28.8 Å². The number of furan rings is 2. The number of amides is 2. The zero-order valence-electron chi connectivity index (χ0n) is 17.1. The van der Waals surface area contributed by atoms with Crippen LogP contribution in [0, 0.1) is 0 Å². The molecule has 32 heavy (non-hydrogen) atoms. The van der Waals surface area contributed by atoms with E-state index in [1.165, 1.54) is 32.2 Å². The van der Waals surface area contributed by atoms with Gasteiger partial charge in [0.05, 0.1) is 18.6 Å². The van der Waals surface area contributed by atoms with Crippen LogP contribution in [-0.2, 0) is 16.1 Å². The van der Waals surface area contributed by atoms with E-state index in [0.717, 1.165) is 22.2 Å². The van der Waals surface area contributed by atoms with Gasteiger partial charge < -0.3 is 13.6 Å². The number of thioether (sulfide) groups is 1. The van der Waals surface area contributed by atoms with Gasteiger partial charge in [-0.1, -0.05) is 24.3 Å². The standard InChI is InChI=1S/C23H17NO7S/c1-13(25)14-3-5-15(6-4-14)18-9-7-16(30-18)11-20-21(26)24(23(28)32-20)12-17-8-10-19(31-17)22(27)29-2/h3-11H,12H2,1-2H3/b20-11+. The molecule has 1 aliphatic rings. The third-order valence-corrected chi connectivity index (χ3v) is 5.62. The summed E-state index contributed by atoms with van der Waals surface area (Å²) in [6.07, 6.45) is 1.50. The van der Waals surface area contributed by atoms with E-state index in [1.807, 2.05) is 0 Å². The molecule has 0 bridgehead atoms. The van der Waals surface area contributed by atoms with Gasteiger partial charge in [0.25, 0.3) is 11.1 Å². The van der Waals surface area contributed by atoms with Gasteiger partial charge in [-0.3, -0.25) is 19.3 Å². The fraction of sp³-hybridized carbons (Fsp3) is 0.130. The molecule has 2 amide bonds. The molecule has 1 saturated heterocycles. The van der Waals surface area contributed by atoms with Crippen molar-refractivity contribution in [3.8, 4) is 11.3 Å². The normalized spacial score (nSPS) is 14.9. The monoisotopic (exact) mass is 451 g/mol. The average Bonchev–Trinajstić information content (AvgIpc) is 3.50. The fourth-order valence-corrected chi connectivity index (χ4v) is 3.87. The summed E-state index contributed by atoms with van der Waals surface area (Å²) in [5.41, 5.74) is 1.38. The summed E-state index contributed by atoms with van der Waals surface area (Å²) >= 11 is 0.791. The van der Waals surface area contributed by atoms with Gasteiger partial charge in [-0.2, -0.15) is 0 Å². The highest BCUT2D eigenvalue weighted by Gasteiger charge is 2.36. The fourth-order valence-electron chi connectivity index (χ4n) is 3.05. The van der Waals surface area contributed by atoms with E-state index < -0.39 is 17.1 Å². The predicted octanol–water partition coefficient (Wildman–Crippen LogP) is 4.77. The number of rotatable bonds is 6. The van der Waals surface area contributed by atoms with Crippen LogP contribution in [0.2, 0.25) is 0 Å². The molecule has 0 radical (unpaired) electrons. The van der Waals surface area contributed by atoms with Crippen LogP contribution in [0.1, 0.15) is 39.4 Å². The maximum Gasteiger partial charge on any atom is 0.373 e. The maximum atomic E-state index is 12.7. The number of hydrogen-bond acceptors (Lipinski definition) is 8. The quantitative estimate of drug-likeness (QED) is 0.300. The highest BCUT2D eigenvalue weighted by Crippen LogP contribution is 2.34. The molecule has 4 rings (SSSR count). The van der Waals surface area contributed by atoms with Crippen LogP contribution in [0.15, 0.2) is 62.3 Å². The molecule has 3 aromatic rings. The van der Waals surface area contributed by atoms with Crippen LogP contribution in [0.3, 0.4) is 0 Å². The number of hydrogen-bond donors (Lipinski definition) is 0. The van der Waals surface area contributed by atoms with Crippen molar-refractivity contribution in [2.75, 3.05) is 7.11 Å². The summed E-state index contributed by atoms with van der Waals surface area (Å²) in [5, 5.41) is -0.455. The summed E-state index contributed by atoms with van der Waals surface area (Å²) in [7, 11) is 1.23. The van der Waals surface area contributed by atoms with Gasteiger partial charge in [0.1, 0.15) is 17.3 Å². The lowest BCUT2D eigenvalue weighted by atomic mass is 10.1. The number of esters is 1. The Bertz CT molecular complexity index is 1250. The minimum Gasteiger partial charge on any atom is -0.463 e. The Morgan fingerprint density at radius 3 is 2.47 bits per heavy atom. The topological polar surface area (TPSA) is 107 Å². The Morgan fingerprint density at radius 1 is 1.03 bits per heavy atom. The zero-order chi connectivity index (χ0) is 22.8. The predicted molar refractivity (Wildman–Crippen MR) is 116 cm³/mol. The molecular weight excluding hydrogens is 434 g/mol. The number of imide groups is 1. The molecule has 0 spiro atoms. The van der Waals surface area contributed by atoms with Crippen molar-refractivity contribution in [1.82, 2.24) is 4.90 Å². The molecular formula is C23H17NO7S. The molecule has 0 unspecified atom stereocenters. The van der Waals surface area contributed by atoms with Gasteiger partial charge in [-0.15, -0.1) is 0 Å². The minimum absolute atomic E-state index is 0.00976. The largest absolute Gasteiger partial charge is 0.463 e. The molecule has 0 atom stereocenters. The Kier molecular flexibility index (Phi) is 5.83. The van der Waals surface area contributed by atoms with E-state index >= 15 is 0 Å². The third kappa shape index (κ3) is 4.28. The molecule has 9 heteroatoms. The van der Waals surface area contributed by atoms with E-state index in [0.29, 0.717) is 17.1 Å². The van der Waals surface area contributed by atoms with Crippen molar-refractivity contribution in [2.45, 2.75) is 13.5 Å². The van der Waals surface area contributed by atoms with Gasteiger partial charge in [-0.05, 0) is 43.0 Å². The van der Waals surface area contributed by atoms with Gasteiger partial charge in [0.2, 0.25) is 5.76 Å². The number of carbonyl (C=O) groups is 4. The lowest BCUT2D eigenvalue weighted by Gasteiger charge is -2.09. The second-order valence-electron chi connectivity index (χ2n) is 6.86. The van der Waals surface area contributed by atoms with Crippen LogP contribution in [-0.4, -0.2) is 34.9 Å². The second-order valence-corrected chi connectivity index (χ2v) is 7.85. The molecule has 1 aliphatic heterocycles. The lowest BCUT2D eigenvalue weighted by molar-refractivity contribution is -0.123. The first-order chi connectivity index (χ1) is 15.4. The van der Waals surface area contributed by atoms with Crippen LogP contribution in [0.5, 0.6) is 0 Å². The number of methoxy groups -OCH3 is 1. The van der Waals surface area contributed by atoms with Crippen molar-refractivity contribution in [3.63, 3.8) is 0 Å². The highest BCUT2D eigenvalue weighted by atomic mass is 32.2. The average molecular weight is 451 g/mol. The molecule has 162 valence electrons. The van der Waals surface area contributed by atoms with Crippen LogP contribution < -0.4 is 0 Å². The van der Waals surface area contributed by atoms with Gasteiger partial charge >= 0.3 is 5.97 Å². The summed E-state index contributed by atoms with van der Waals surface area (Å²) in [6.45, 7) is 1.39. The van der Waals surface area contributed by atoms with Gasteiger partial charge in [-0.25, -0.2) is 4.79 Å². The third-order valence-electron chi connectivity index (χ3n) is 4.71. The first-order valence-electron chi connectivity index (χ1n) is 9.49. The van der Waals surface area contributed by atoms with Crippen molar-refractivity contribution in [1.29, 1.82) is 0 Å². The number of nitrogens with zero attached hydrogens (tertiary/aromatic N) is 1. The molecule has 8 nitrogen and oxygen atoms in total. The molecule has 0 saturated carbocycles. The first-order valence-corrected chi connectivity index (χ1v) is 10.3. The van der Waals surface area contributed by atoms with Gasteiger partial charge in [0, 0.05) is 17.2 Å². The molecule has 2 aromatic heterocycles. The number of Topliss-reactive ketones (excluding diaryl/α,β-unsaturated/α-hetero) is 1. The SMILES string of the molecule is COC(=O)c1ccc(CN2C(=O)S/C(=C/c3ccc(-c4ccc(C(C)=O)cc4)o3)C2=O)o1. The highest BCUT2D eigenvalue weighted by molar-refractivity contribution is 8.18. The number of ether oxygens (including phenoxy) is 1. The van der Waals surface area contributed by atoms with Crippen molar-refractivity contribution < 1.29 is 32.7 Å². The molecule has 0 N–H and O–H groups in total. The van der Waals surface area contributed by atoms with Crippen LogP contribution in [0.25, 0.3) is 17.4 Å². The molecule has 0 aliphatic carbocycles. The Morgan fingerprint density at radius 2 is 1.78 bits per heavy atom. The number of benzene rings is 1. The van der Waals surface area contributed by atoms with Crippen molar-refractivity contribution in [2.24, 2.45) is 0 Å². The summed E-state index contributed by atoms with van der Waals surface area (Å²) in [6, 6.07) is 13.3. The first kappa shape index (κ1) is 21.4. The molecule has 3 heterocycles. The lowest BCUT2D eigenvalue weighted by Crippen LogP contribution is -2.27. The second kappa shape index (κ2) is 8.72. The zero-order valence-corrected chi connectivity index (χ0v) is 17.9. The Balaban J connectivity index is 1.49. The Labute approximate surface area is 186 Å². The van der Waals surface area contributed by atoms with E-state index in [9.17, 15) is 19.2 Å². The van der Waals surface area contributed by atoms with Crippen LogP contribution >= 0.6 is 11.8 Å². The van der Waals surface area contributed by atoms with Gasteiger partial charge in [0.15, 0.2) is 5.78 Å². The summed E-state index contributed by atoms with van der Waals surface area (Å²) in [5.74, 6) is 0.0921. The maximum absolute atomic E-state index is 12.7. The van der Waals surface area contributed by atoms with Crippen molar-refractivity contribution in [3.05, 3.63) is 76.3 Å². The van der Waals surface area contributed by atoms with E-state index in [2.05, 4.69) is 4.74 Å². The van der Waals surface area contributed by atoms with Crippen LogP contribution in [0.4, 0.5) is 4.79 Å². The van der Waals surface area contributed by atoms with Crippen molar-refractivity contribution >= 4 is 40.7 Å².